The van der Waals surface area contributed by atoms with Crippen LogP contribution in [0.5, 0.6) is 0 Å². The van der Waals surface area contributed by atoms with Crippen molar-refractivity contribution in [1.29, 1.82) is 0 Å². The normalized spacial score (nSPS) is 25.5. The molecule has 0 bridgehead atoms. The SMILES string of the molecule is CCCCc1ccnc(N2CCC(NSC)C2COC2CCC(c3ccccc3)CC2)c1Cl. The van der Waals surface area contributed by atoms with Crippen molar-refractivity contribution in [2.45, 2.75) is 82.4 Å². The molecule has 4 nitrogen and oxygen atoms in total. The van der Waals surface area contributed by atoms with Crippen LogP contribution in [0, 0.1) is 0 Å². The average Bonchev–Trinajstić information content (AvgIpc) is 3.25. The highest BCUT2D eigenvalue weighted by molar-refractivity contribution is 7.96. The van der Waals surface area contributed by atoms with Crippen LogP contribution in [-0.2, 0) is 11.2 Å². The van der Waals surface area contributed by atoms with Gasteiger partial charge >= 0.3 is 0 Å². The Morgan fingerprint density at radius 3 is 2.64 bits per heavy atom. The fourth-order valence-electron chi connectivity index (χ4n) is 5.37. The average molecular weight is 488 g/mol. The third kappa shape index (κ3) is 6.25. The number of ether oxygens (including phenoxy) is 1. The number of pyridine rings is 1. The van der Waals surface area contributed by atoms with E-state index < -0.39 is 0 Å². The molecule has 0 amide bonds. The Hall–Kier alpha value is -1.27. The first-order chi connectivity index (χ1) is 16.2. The Morgan fingerprint density at radius 2 is 1.91 bits per heavy atom. The van der Waals surface area contributed by atoms with Gasteiger partial charge in [-0.3, -0.25) is 4.72 Å². The lowest BCUT2D eigenvalue weighted by atomic mass is 9.83. The number of unbranched alkanes of at least 4 members (excludes halogenated alkanes) is 1. The molecule has 2 aliphatic rings. The molecule has 1 aromatic heterocycles. The Bertz CT molecular complexity index is 860. The van der Waals surface area contributed by atoms with Crippen molar-refractivity contribution in [2.24, 2.45) is 0 Å². The van der Waals surface area contributed by atoms with Gasteiger partial charge in [0, 0.05) is 18.8 Å². The van der Waals surface area contributed by atoms with Gasteiger partial charge in [0.2, 0.25) is 0 Å². The van der Waals surface area contributed by atoms with Gasteiger partial charge in [-0.2, -0.15) is 0 Å². The van der Waals surface area contributed by atoms with E-state index in [0.717, 1.165) is 56.1 Å². The molecule has 1 aliphatic carbocycles. The quantitative estimate of drug-likeness (QED) is 0.380. The lowest BCUT2D eigenvalue weighted by Gasteiger charge is -2.33. The van der Waals surface area contributed by atoms with E-state index in [1.165, 1.54) is 30.4 Å². The zero-order valence-electron chi connectivity index (χ0n) is 20.0. The van der Waals surface area contributed by atoms with Gasteiger partial charge in [-0.05, 0) is 74.3 Å². The van der Waals surface area contributed by atoms with Crippen LogP contribution < -0.4 is 9.62 Å². The van der Waals surface area contributed by atoms with Gasteiger partial charge in [0.05, 0.1) is 23.8 Å². The maximum Gasteiger partial charge on any atom is 0.148 e. The Balaban J connectivity index is 1.39. The van der Waals surface area contributed by atoms with Gasteiger partial charge < -0.3 is 9.64 Å². The molecule has 33 heavy (non-hydrogen) atoms. The van der Waals surface area contributed by atoms with Gasteiger partial charge in [0.15, 0.2) is 0 Å². The molecule has 1 aliphatic heterocycles. The van der Waals surface area contributed by atoms with Crippen LogP contribution in [0.25, 0.3) is 0 Å². The van der Waals surface area contributed by atoms with Crippen molar-refractivity contribution < 1.29 is 4.74 Å². The topological polar surface area (TPSA) is 37.4 Å². The Kier molecular flexibility index (Phi) is 9.36. The van der Waals surface area contributed by atoms with Crippen molar-refractivity contribution in [3.05, 3.63) is 58.7 Å². The summed E-state index contributed by atoms with van der Waals surface area (Å²) in [6, 6.07) is 13.6. The monoisotopic (exact) mass is 487 g/mol. The number of rotatable bonds is 10. The second-order valence-corrected chi connectivity index (χ2v) is 10.4. The molecule has 1 N–H and O–H groups in total. The predicted molar refractivity (Wildman–Crippen MR) is 141 cm³/mol. The smallest absolute Gasteiger partial charge is 0.148 e. The summed E-state index contributed by atoms with van der Waals surface area (Å²) in [7, 11) is 0. The minimum atomic E-state index is 0.246. The first-order valence-electron chi connectivity index (χ1n) is 12.6. The number of benzene rings is 1. The summed E-state index contributed by atoms with van der Waals surface area (Å²) in [6.45, 7) is 3.89. The molecular formula is C27H38ClN3OS. The minimum absolute atomic E-state index is 0.246. The summed E-state index contributed by atoms with van der Waals surface area (Å²) >= 11 is 8.56. The lowest BCUT2D eigenvalue weighted by Crippen LogP contribution is -2.45. The van der Waals surface area contributed by atoms with Crippen LogP contribution in [0.4, 0.5) is 5.82 Å². The maximum atomic E-state index is 6.87. The van der Waals surface area contributed by atoms with Crippen LogP contribution in [0.1, 0.15) is 68.9 Å². The second-order valence-electron chi connectivity index (χ2n) is 9.41. The molecule has 1 aromatic carbocycles. The zero-order valence-corrected chi connectivity index (χ0v) is 21.6. The summed E-state index contributed by atoms with van der Waals surface area (Å²) < 4.78 is 10.2. The van der Waals surface area contributed by atoms with E-state index in [2.05, 4.69) is 59.2 Å². The van der Waals surface area contributed by atoms with Gasteiger partial charge in [0.25, 0.3) is 0 Å². The molecule has 0 radical (unpaired) electrons. The molecule has 180 valence electrons. The van der Waals surface area contributed by atoms with E-state index in [0.29, 0.717) is 18.1 Å². The van der Waals surface area contributed by atoms with E-state index in [4.69, 9.17) is 21.3 Å². The molecule has 1 saturated carbocycles. The van der Waals surface area contributed by atoms with Crippen LogP contribution in [0.2, 0.25) is 5.02 Å². The molecule has 6 heteroatoms. The van der Waals surface area contributed by atoms with E-state index in [1.807, 2.05) is 6.20 Å². The number of aromatic nitrogens is 1. The third-order valence-electron chi connectivity index (χ3n) is 7.29. The van der Waals surface area contributed by atoms with Crippen molar-refractivity contribution in [2.75, 3.05) is 24.3 Å². The molecular weight excluding hydrogens is 450 g/mol. The van der Waals surface area contributed by atoms with E-state index in [9.17, 15) is 0 Å². The van der Waals surface area contributed by atoms with Crippen LogP contribution >= 0.6 is 23.5 Å². The fraction of sp³-hybridized carbons (Fsp3) is 0.593. The number of halogens is 1. The van der Waals surface area contributed by atoms with Gasteiger partial charge in [-0.25, -0.2) is 4.98 Å². The number of aryl methyl sites for hydroxylation is 1. The highest BCUT2D eigenvalue weighted by Gasteiger charge is 2.37. The Labute approximate surface area is 209 Å². The van der Waals surface area contributed by atoms with Crippen molar-refractivity contribution in [1.82, 2.24) is 9.71 Å². The third-order valence-corrected chi connectivity index (χ3v) is 8.24. The van der Waals surface area contributed by atoms with E-state index >= 15 is 0 Å². The molecule has 2 unspecified atom stereocenters. The molecule has 2 atom stereocenters. The highest BCUT2D eigenvalue weighted by atomic mass is 35.5. The lowest BCUT2D eigenvalue weighted by molar-refractivity contribution is 0.0157. The van der Waals surface area contributed by atoms with Gasteiger partial charge in [-0.15, -0.1) is 0 Å². The summed E-state index contributed by atoms with van der Waals surface area (Å²) in [5, 5.41) is 0.823. The number of hydrogen-bond acceptors (Lipinski definition) is 5. The van der Waals surface area contributed by atoms with Crippen LogP contribution in [0.15, 0.2) is 42.6 Å². The molecule has 4 rings (SSSR count). The maximum absolute atomic E-state index is 6.87. The summed E-state index contributed by atoms with van der Waals surface area (Å²) in [5.41, 5.74) is 2.69. The van der Waals surface area contributed by atoms with E-state index in [1.54, 1.807) is 11.9 Å². The van der Waals surface area contributed by atoms with E-state index in [-0.39, 0.29) is 6.04 Å². The zero-order chi connectivity index (χ0) is 23.0. The molecule has 1 saturated heterocycles. The van der Waals surface area contributed by atoms with Gasteiger partial charge in [0.1, 0.15) is 5.82 Å². The van der Waals surface area contributed by atoms with Crippen molar-refractivity contribution in [3.8, 4) is 0 Å². The summed E-state index contributed by atoms with van der Waals surface area (Å²) in [6.07, 6.45) is 13.5. The second kappa shape index (κ2) is 12.4. The molecule has 2 aromatic rings. The van der Waals surface area contributed by atoms with Crippen LogP contribution in [0.3, 0.4) is 0 Å². The number of hydrogen-bond donors (Lipinski definition) is 1. The minimum Gasteiger partial charge on any atom is -0.376 e. The Morgan fingerprint density at radius 1 is 1.12 bits per heavy atom. The van der Waals surface area contributed by atoms with Crippen molar-refractivity contribution >= 4 is 29.4 Å². The first-order valence-corrected chi connectivity index (χ1v) is 14.2. The first kappa shape index (κ1) is 24.8. The summed E-state index contributed by atoms with van der Waals surface area (Å²) in [5.74, 6) is 1.60. The van der Waals surface area contributed by atoms with Gasteiger partial charge in [-0.1, -0.05) is 67.2 Å². The molecule has 2 fully saturated rings. The van der Waals surface area contributed by atoms with Crippen molar-refractivity contribution in [3.63, 3.8) is 0 Å². The fourth-order valence-corrected chi connectivity index (χ4v) is 6.26. The summed E-state index contributed by atoms with van der Waals surface area (Å²) in [4.78, 5) is 7.11. The predicted octanol–water partition coefficient (Wildman–Crippen LogP) is 6.64. The van der Waals surface area contributed by atoms with Crippen LogP contribution in [-0.4, -0.2) is 42.6 Å². The molecule has 2 heterocycles. The largest absolute Gasteiger partial charge is 0.376 e. The number of anilines is 1. The standard InChI is InChI=1S/C27H38ClN3OS/c1-3-4-8-22-15-17-29-27(26(22)28)31-18-16-24(30-33-2)25(31)19-32-23-13-11-21(12-14-23)20-9-6-5-7-10-20/h5-7,9-10,15,17,21,23-25,30H,3-4,8,11-14,16,18-19H2,1-2H3. The number of nitrogens with zero attached hydrogens (tertiary/aromatic N) is 2. The molecule has 0 spiro atoms. The highest BCUT2D eigenvalue weighted by Crippen LogP contribution is 2.36. The number of nitrogens with one attached hydrogen (secondary N) is 1.